The first-order valence-corrected chi connectivity index (χ1v) is 3.09. The zero-order valence-electron chi connectivity index (χ0n) is 6.94. The van der Waals surface area contributed by atoms with Crippen molar-refractivity contribution in [3.05, 3.63) is 41.8 Å². The molecule has 0 atom stereocenters. The van der Waals surface area contributed by atoms with Gasteiger partial charge in [-0.25, -0.2) is 0 Å². The molecule has 0 nitrogen and oxygen atoms in total. The quantitative estimate of drug-likeness (QED) is 0.352. The number of aryl methyl sites for hydroxylation is 2. The summed E-state index contributed by atoms with van der Waals surface area (Å²) in [7, 11) is 0. The van der Waals surface area contributed by atoms with Gasteiger partial charge in [0.1, 0.15) is 0 Å². The van der Waals surface area contributed by atoms with Crippen LogP contribution in [0.1, 0.15) is 16.7 Å². The van der Waals surface area contributed by atoms with Crippen LogP contribution in [-0.4, -0.2) is 0 Å². The molecule has 0 aromatic heterocycles. The molecule has 48 valence electrons. The molecule has 1 aromatic carbocycles. The van der Waals surface area contributed by atoms with E-state index in [1.807, 2.05) is 0 Å². The van der Waals surface area contributed by atoms with Gasteiger partial charge in [-0.05, 0) is 0 Å². The van der Waals surface area contributed by atoms with E-state index in [-0.39, 0.29) is 51.4 Å². The van der Waals surface area contributed by atoms with Crippen molar-refractivity contribution in [3.8, 4) is 0 Å². The minimum Gasteiger partial charge on any atom is -0.199 e. The Morgan fingerprint density at radius 3 is 1.70 bits per heavy atom. The fraction of sp³-hybridized carbons (Fsp3) is 0.222. The second-order valence-corrected chi connectivity index (χ2v) is 2.50. The van der Waals surface area contributed by atoms with Crippen molar-refractivity contribution >= 4 is 0 Å². The normalized spacial score (nSPS) is 8.60. The van der Waals surface area contributed by atoms with Gasteiger partial charge in [0, 0.05) is 0 Å². The van der Waals surface area contributed by atoms with E-state index in [0.717, 1.165) is 5.56 Å². The molecule has 1 rings (SSSR count). The minimum atomic E-state index is 0. The standard InChI is InChI=1S/C9H11.K/c1-7-4-8(2)6-9(3)5-7;/h4-6H,1H2,2-3H3;/q-1;+1. The van der Waals surface area contributed by atoms with Gasteiger partial charge in [-0.3, -0.25) is 0 Å². The first-order chi connectivity index (χ1) is 4.18. The molecule has 1 heteroatoms. The Morgan fingerprint density at radius 2 is 1.40 bits per heavy atom. The van der Waals surface area contributed by atoms with E-state index in [1.165, 1.54) is 11.1 Å². The van der Waals surface area contributed by atoms with Crippen molar-refractivity contribution in [2.75, 3.05) is 0 Å². The Labute approximate surface area is 105 Å². The van der Waals surface area contributed by atoms with E-state index in [0.29, 0.717) is 0 Å². The summed E-state index contributed by atoms with van der Waals surface area (Å²) >= 11 is 0. The Bertz CT molecular complexity index is 165. The van der Waals surface area contributed by atoms with Crippen molar-refractivity contribution in [3.63, 3.8) is 0 Å². The third kappa shape index (κ3) is 3.22. The number of benzene rings is 1. The molecule has 0 saturated heterocycles. The summed E-state index contributed by atoms with van der Waals surface area (Å²) in [5.74, 6) is 0. The van der Waals surface area contributed by atoms with Crippen LogP contribution in [0.25, 0.3) is 0 Å². The minimum absolute atomic E-state index is 0. The van der Waals surface area contributed by atoms with Gasteiger partial charge in [0.05, 0.1) is 0 Å². The Morgan fingerprint density at radius 1 is 1.00 bits per heavy atom. The Kier molecular flexibility index (Phi) is 4.91. The maximum absolute atomic E-state index is 3.84. The molecule has 0 bridgehead atoms. The fourth-order valence-electron chi connectivity index (χ4n) is 1.07. The van der Waals surface area contributed by atoms with Crippen LogP contribution in [0.15, 0.2) is 18.2 Å². The van der Waals surface area contributed by atoms with Gasteiger partial charge in [0.2, 0.25) is 0 Å². The summed E-state index contributed by atoms with van der Waals surface area (Å²) < 4.78 is 0. The molecule has 0 aliphatic rings. The topological polar surface area (TPSA) is 0 Å². The van der Waals surface area contributed by atoms with E-state index in [1.54, 1.807) is 0 Å². The van der Waals surface area contributed by atoms with Crippen molar-refractivity contribution in [1.29, 1.82) is 0 Å². The van der Waals surface area contributed by atoms with Crippen molar-refractivity contribution in [2.45, 2.75) is 13.8 Å². The van der Waals surface area contributed by atoms with Crippen molar-refractivity contribution in [1.82, 2.24) is 0 Å². The Hall–Kier alpha value is 0.726. The number of rotatable bonds is 0. The molecular weight excluding hydrogens is 147 g/mol. The summed E-state index contributed by atoms with van der Waals surface area (Å²) in [6.07, 6.45) is 0. The Balaban J connectivity index is 0.000000810. The molecular formula is C9H11K. The molecule has 0 spiro atoms. The van der Waals surface area contributed by atoms with Gasteiger partial charge in [-0.15, -0.1) is 11.1 Å². The molecule has 0 saturated carbocycles. The summed E-state index contributed by atoms with van der Waals surface area (Å²) in [5.41, 5.74) is 3.69. The second-order valence-electron chi connectivity index (χ2n) is 2.50. The average Bonchev–Trinajstić information content (AvgIpc) is 1.59. The van der Waals surface area contributed by atoms with Crippen LogP contribution in [0, 0.1) is 20.8 Å². The summed E-state index contributed by atoms with van der Waals surface area (Å²) in [4.78, 5) is 0. The molecule has 0 fully saturated rings. The smallest absolute Gasteiger partial charge is 0.199 e. The van der Waals surface area contributed by atoms with Crippen molar-refractivity contribution in [2.24, 2.45) is 0 Å². The predicted molar refractivity (Wildman–Crippen MR) is 40.4 cm³/mol. The molecule has 10 heavy (non-hydrogen) atoms. The van der Waals surface area contributed by atoms with Gasteiger partial charge < -0.3 is 0 Å². The van der Waals surface area contributed by atoms with Gasteiger partial charge in [0.15, 0.2) is 0 Å². The van der Waals surface area contributed by atoms with Crippen LogP contribution in [-0.2, 0) is 0 Å². The molecule has 1 aromatic rings. The number of hydrogen-bond acceptors (Lipinski definition) is 0. The van der Waals surface area contributed by atoms with Crippen LogP contribution in [0.5, 0.6) is 0 Å². The third-order valence-corrected chi connectivity index (χ3v) is 1.28. The van der Waals surface area contributed by atoms with Crippen molar-refractivity contribution < 1.29 is 51.4 Å². The molecule has 0 unspecified atom stereocenters. The summed E-state index contributed by atoms with van der Waals surface area (Å²) in [6, 6.07) is 6.30. The van der Waals surface area contributed by atoms with Crippen LogP contribution < -0.4 is 51.4 Å². The van der Waals surface area contributed by atoms with E-state index in [2.05, 4.69) is 39.0 Å². The van der Waals surface area contributed by atoms with Gasteiger partial charge in [0.25, 0.3) is 0 Å². The molecule has 0 heterocycles. The van der Waals surface area contributed by atoms with Gasteiger partial charge in [-0.2, -0.15) is 24.6 Å². The molecule has 0 aliphatic heterocycles. The SMILES string of the molecule is [CH2-]c1cc(C)cc(C)c1.[K+]. The second kappa shape index (κ2) is 4.57. The van der Waals surface area contributed by atoms with E-state index >= 15 is 0 Å². The fourth-order valence-corrected chi connectivity index (χ4v) is 1.07. The van der Waals surface area contributed by atoms with E-state index in [4.69, 9.17) is 0 Å². The maximum Gasteiger partial charge on any atom is 1.00 e. The average molecular weight is 158 g/mol. The van der Waals surface area contributed by atoms with Crippen LogP contribution in [0.2, 0.25) is 0 Å². The molecule has 0 aliphatic carbocycles. The molecule has 0 N–H and O–H groups in total. The van der Waals surface area contributed by atoms with E-state index in [9.17, 15) is 0 Å². The van der Waals surface area contributed by atoms with E-state index < -0.39 is 0 Å². The van der Waals surface area contributed by atoms with Gasteiger partial charge >= 0.3 is 51.4 Å². The zero-order chi connectivity index (χ0) is 6.85. The third-order valence-electron chi connectivity index (χ3n) is 1.28. The molecule has 0 amide bonds. The summed E-state index contributed by atoms with van der Waals surface area (Å²) in [6.45, 7) is 8.01. The predicted octanol–water partition coefficient (Wildman–Crippen LogP) is -0.510. The first-order valence-electron chi connectivity index (χ1n) is 3.09. The zero-order valence-corrected chi connectivity index (χ0v) is 10.1. The number of hydrogen-bond donors (Lipinski definition) is 0. The van der Waals surface area contributed by atoms with Crippen LogP contribution >= 0.6 is 0 Å². The molecule has 0 radical (unpaired) electrons. The van der Waals surface area contributed by atoms with Gasteiger partial charge in [-0.1, -0.05) is 19.9 Å². The monoisotopic (exact) mass is 158 g/mol. The van der Waals surface area contributed by atoms with Crippen LogP contribution in [0.4, 0.5) is 0 Å². The maximum atomic E-state index is 3.84. The van der Waals surface area contributed by atoms with Crippen LogP contribution in [0.3, 0.4) is 0 Å². The summed E-state index contributed by atoms with van der Waals surface area (Å²) in [5, 5.41) is 0. The largest absolute Gasteiger partial charge is 1.00 e. The first kappa shape index (κ1) is 10.7.